The van der Waals surface area contributed by atoms with Crippen LogP contribution < -0.4 is 5.32 Å². The van der Waals surface area contributed by atoms with Crippen molar-refractivity contribution in [3.8, 4) is 11.7 Å². The molecule has 3 heterocycles. The van der Waals surface area contributed by atoms with Crippen molar-refractivity contribution in [2.45, 2.75) is 31.8 Å². The van der Waals surface area contributed by atoms with Crippen LogP contribution in [-0.4, -0.2) is 21.3 Å². The lowest BCUT2D eigenvalue weighted by Crippen LogP contribution is -2.22. The van der Waals surface area contributed by atoms with E-state index in [4.69, 9.17) is 13.4 Å². The lowest BCUT2D eigenvalue weighted by molar-refractivity contribution is -0.115. The minimum Gasteiger partial charge on any atom is -0.459 e. The maximum Gasteiger partial charge on any atom is 0.263 e. The van der Waals surface area contributed by atoms with Crippen molar-refractivity contribution >= 4 is 23.6 Å². The van der Waals surface area contributed by atoms with Gasteiger partial charge in [-0.15, -0.1) is 11.8 Å². The minimum atomic E-state index is -0.279. The van der Waals surface area contributed by atoms with Gasteiger partial charge in [-0.2, -0.15) is 0 Å². The molecule has 1 amide bonds. The molecule has 0 spiro atoms. The van der Waals surface area contributed by atoms with Crippen LogP contribution in [0.1, 0.15) is 24.1 Å². The van der Waals surface area contributed by atoms with Crippen LogP contribution >= 0.6 is 11.8 Å². The summed E-state index contributed by atoms with van der Waals surface area (Å²) in [7, 11) is 0. The van der Waals surface area contributed by atoms with E-state index in [-0.39, 0.29) is 11.2 Å². The molecule has 3 aromatic heterocycles. The van der Waals surface area contributed by atoms with E-state index in [0.717, 1.165) is 5.69 Å². The second-order valence-corrected chi connectivity index (χ2v) is 6.60. The highest BCUT2D eigenvalue weighted by Gasteiger charge is 2.18. The summed E-state index contributed by atoms with van der Waals surface area (Å²) >= 11 is 1.46. The number of furan rings is 1. The minimum absolute atomic E-state index is 0.149. The Kier molecular flexibility index (Phi) is 4.75. The Balaban J connectivity index is 1.58. The predicted molar refractivity (Wildman–Crippen MR) is 89.6 cm³/mol. The topological polar surface area (TPSA) is 94.3 Å². The number of rotatable bonds is 6. The molecule has 0 saturated heterocycles. The van der Waals surface area contributed by atoms with Crippen molar-refractivity contribution in [3.05, 3.63) is 41.6 Å². The fraction of sp³-hybridized carbons (Fsp3) is 0.312. The molecule has 0 aliphatic heterocycles. The summed E-state index contributed by atoms with van der Waals surface area (Å²) in [5.41, 5.74) is 1.51. The first-order chi connectivity index (χ1) is 11.5. The molecular formula is C16H17N3O4S. The first kappa shape index (κ1) is 16.4. The number of thioether (sulfide) groups is 1. The smallest absolute Gasteiger partial charge is 0.263 e. The van der Waals surface area contributed by atoms with E-state index in [1.807, 2.05) is 13.8 Å². The lowest BCUT2D eigenvalue weighted by atomic mass is 10.4. The van der Waals surface area contributed by atoms with E-state index in [2.05, 4.69) is 15.5 Å². The van der Waals surface area contributed by atoms with Gasteiger partial charge in [0.25, 0.3) is 5.89 Å². The fourth-order valence-electron chi connectivity index (χ4n) is 1.99. The van der Waals surface area contributed by atoms with Crippen LogP contribution in [0.25, 0.3) is 11.7 Å². The first-order valence-electron chi connectivity index (χ1n) is 7.39. The van der Waals surface area contributed by atoms with Gasteiger partial charge in [0, 0.05) is 11.8 Å². The molecule has 0 aliphatic rings. The largest absolute Gasteiger partial charge is 0.459 e. The molecule has 1 atom stereocenters. The van der Waals surface area contributed by atoms with Crippen molar-refractivity contribution in [1.82, 2.24) is 10.1 Å². The zero-order chi connectivity index (χ0) is 17.1. The van der Waals surface area contributed by atoms with Crippen molar-refractivity contribution in [2.75, 3.05) is 5.32 Å². The van der Waals surface area contributed by atoms with Gasteiger partial charge in [-0.05, 0) is 32.9 Å². The Morgan fingerprint density at radius 1 is 1.42 bits per heavy atom. The summed E-state index contributed by atoms with van der Waals surface area (Å²) in [4.78, 5) is 16.6. The van der Waals surface area contributed by atoms with Crippen LogP contribution in [0.15, 0.2) is 37.8 Å². The number of nitrogens with zero attached hydrogens (tertiary/aromatic N) is 2. The number of hydrogen-bond donors (Lipinski definition) is 1. The molecule has 0 unspecified atom stereocenters. The molecule has 1 N–H and O–H groups in total. The molecule has 8 heteroatoms. The van der Waals surface area contributed by atoms with Crippen LogP contribution in [0.2, 0.25) is 0 Å². The molecular weight excluding hydrogens is 330 g/mol. The molecule has 24 heavy (non-hydrogen) atoms. The monoisotopic (exact) mass is 347 g/mol. The summed E-state index contributed by atoms with van der Waals surface area (Å²) < 4.78 is 15.9. The average Bonchev–Trinajstić information content (AvgIpc) is 3.26. The summed E-state index contributed by atoms with van der Waals surface area (Å²) in [5.74, 6) is 2.50. The Bertz CT molecular complexity index is 822. The first-order valence-corrected chi connectivity index (χ1v) is 8.44. The fourth-order valence-corrected chi connectivity index (χ4v) is 2.88. The number of aromatic nitrogens is 2. The van der Waals surface area contributed by atoms with Crippen molar-refractivity contribution in [1.29, 1.82) is 0 Å². The Morgan fingerprint density at radius 2 is 2.25 bits per heavy atom. The molecule has 3 aromatic rings. The number of oxazole rings is 1. The summed E-state index contributed by atoms with van der Waals surface area (Å²) in [6.45, 7) is 5.46. The van der Waals surface area contributed by atoms with Gasteiger partial charge in [0.1, 0.15) is 5.76 Å². The second kappa shape index (κ2) is 6.96. The van der Waals surface area contributed by atoms with Gasteiger partial charge in [0.05, 0.1) is 22.9 Å². The molecule has 0 fully saturated rings. The third-order valence-electron chi connectivity index (χ3n) is 3.34. The van der Waals surface area contributed by atoms with Crippen LogP contribution in [0.4, 0.5) is 5.88 Å². The van der Waals surface area contributed by atoms with Crippen molar-refractivity contribution < 1.29 is 18.2 Å². The zero-order valence-electron chi connectivity index (χ0n) is 13.5. The zero-order valence-corrected chi connectivity index (χ0v) is 14.3. The number of aryl methyl sites for hydroxylation is 2. The number of nitrogens with one attached hydrogen (secondary N) is 1. The van der Waals surface area contributed by atoms with Crippen molar-refractivity contribution in [3.63, 3.8) is 0 Å². The highest BCUT2D eigenvalue weighted by Crippen LogP contribution is 2.26. The van der Waals surface area contributed by atoms with Gasteiger partial charge in [-0.1, -0.05) is 5.16 Å². The van der Waals surface area contributed by atoms with Gasteiger partial charge in [-0.3, -0.25) is 10.1 Å². The molecule has 0 saturated carbocycles. The SMILES string of the molecule is Cc1cc(NC(=O)[C@@H](C)SCc2nc(-c3ccco3)oc2C)on1. The van der Waals surface area contributed by atoms with Crippen LogP contribution in [-0.2, 0) is 10.5 Å². The Labute approximate surface area is 142 Å². The number of carbonyl (C=O) groups excluding carboxylic acids is 1. The van der Waals surface area contributed by atoms with E-state index in [9.17, 15) is 4.79 Å². The molecule has 0 aromatic carbocycles. The third-order valence-corrected chi connectivity index (χ3v) is 4.49. The standard InChI is InChI=1S/C16H17N3O4S/c1-9-7-14(23-19-9)18-15(20)11(3)24-8-12-10(2)22-16(17-12)13-5-4-6-21-13/h4-7,11H,8H2,1-3H3,(H,18,20)/t11-/m1/s1. The van der Waals surface area contributed by atoms with E-state index in [1.165, 1.54) is 11.8 Å². The number of carbonyl (C=O) groups is 1. The van der Waals surface area contributed by atoms with Gasteiger partial charge >= 0.3 is 0 Å². The maximum atomic E-state index is 12.1. The highest BCUT2D eigenvalue weighted by atomic mass is 32.2. The predicted octanol–water partition coefficient (Wildman–Crippen LogP) is 3.80. The molecule has 3 rings (SSSR count). The van der Waals surface area contributed by atoms with E-state index in [0.29, 0.717) is 34.7 Å². The van der Waals surface area contributed by atoms with Crippen molar-refractivity contribution in [2.24, 2.45) is 0 Å². The van der Waals surface area contributed by atoms with Crippen LogP contribution in [0.3, 0.4) is 0 Å². The highest BCUT2D eigenvalue weighted by molar-refractivity contribution is 7.99. The maximum absolute atomic E-state index is 12.1. The van der Waals surface area contributed by atoms with Gasteiger partial charge in [-0.25, -0.2) is 4.98 Å². The van der Waals surface area contributed by atoms with Crippen LogP contribution in [0, 0.1) is 13.8 Å². The normalized spacial score (nSPS) is 12.3. The second-order valence-electron chi connectivity index (χ2n) is 5.27. The molecule has 0 radical (unpaired) electrons. The summed E-state index contributed by atoms with van der Waals surface area (Å²) in [6, 6.07) is 5.24. The Morgan fingerprint density at radius 3 is 2.92 bits per heavy atom. The van der Waals surface area contributed by atoms with Gasteiger partial charge in [0.2, 0.25) is 11.8 Å². The van der Waals surface area contributed by atoms with Gasteiger partial charge in [0.15, 0.2) is 5.76 Å². The van der Waals surface area contributed by atoms with E-state index < -0.39 is 0 Å². The molecule has 7 nitrogen and oxygen atoms in total. The van der Waals surface area contributed by atoms with E-state index in [1.54, 1.807) is 31.4 Å². The number of anilines is 1. The number of hydrogen-bond acceptors (Lipinski definition) is 7. The molecule has 126 valence electrons. The quantitative estimate of drug-likeness (QED) is 0.724. The lowest BCUT2D eigenvalue weighted by Gasteiger charge is -2.09. The Hall–Kier alpha value is -2.48. The third kappa shape index (κ3) is 3.70. The summed E-state index contributed by atoms with van der Waals surface area (Å²) in [6.07, 6.45) is 1.57. The van der Waals surface area contributed by atoms with Gasteiger partial charge < -0.3 is 13.4 Å². The molecule has 0 bridgehead atoms. The van der Waals surface area contributed by atoms with Crippen LogP contribution in [0.5, 0.6) is 0 Å². The summed E-state index contributed by atoms with van der Waals surface area (Å²) in [5, 5.41) is 6.15. The number of amides is 1. The average molecular weight is 347 g/mol. The van der Waals surface area contributed by atoms with E-state index >= 15 is 0 Å². The molecule has 0 aliphatic carbocycles.